The van der Waals surface area contributed by atoms with Crippen molar-refractivity contribution in [2.75, 3.05) is 0 Å². The predicted octanol–water partition coefficient (Wildman–Crippen LogP) is 4.57. The molecule has 0 aliphatic rings. The van der Waals surface area contributed by atoms with Gasteiger partial charge in [-0.3, -0.25) is 0 Å². The number of rotatable bonds is 1. The normalized spacial score (nSPS) is 10.7. The lowest BCUT2D eigenvalue weighted by atomic mass is 10.0. The Hall–Kier alpha value is -1.60. The van der Waals surface area contributed by atoms with Crippen LogP contribution in [0.2, 0.25) is 0 Å². The van der Waals surface area contributed by atoms with E-state index in [4.69, 9.17) is 0 Å². The predicted molar refractivity (Wildman–Crippen MR) is 67.3 cm³/mol. The molecule has 0 saturated carbocycles. The zero-order chi connectivity index (χ0) is 10.1. The van der Waals surface area contributed by atoms with E-state index < -0.39 is 0 Å². The summed E-state index contributed by atoms with van der Waals surface area (Å²) >= 11 is 1.79. The van der Waals surface area contributed by atoms with E-state index in [1.165, 1.54) is 21.2 Å². The Morgan fingerprint density at radius 2 is 1.60 bits per heavy atom. The summed E-state index contributed by atoms with van der Waals surface area (Å²) in [5.41, 5.74) is 1.34. The Labute approximate surface area is 92.8 Å². The first kappa shape index (κ1) is 8.69. The molecule has 15 heavy (non-hydrogen) atoms. The summed E-state index contributed by atoms with van der Waals surface area (Å²) in [5.74, 6) is 0. The van der Waals surface area contributed by atoms with Crippen LogP contribution in [0.3, 0.4) is 0 Å². The highest BCUT2D eigenvalue weighted by atomic mass is 32.1. The third-order valence-corrected chi connectivity index (χ3v) is 3.48. The quantitative estimate of drug-likeness (QED) is 0.552. The van der Waals surface area contributed by atoms with Gasteiger partial charge in [0.05, 0.1) is 0 Å². The topological polar surface area (TPSA) is 0 Å². The molecule has 3 aromatic rings. The minimum absolute atomic E-state index is 1.31. The van der Waals surface area contributed by atoms with Crippen molar-refractivity contribution >= 4 is 22.1 Å². The fourth-order valence-electron chi connectivity index (χ4n) is 1.87. The molecule has 0 unspecified atom stereocenters. The van der Waals surface area contributed by atoms with Crippen molar-refractivity contribution in [3.63, 3.8) is 0 Å². The summed E-state index contributed by atoms with van der Waals surface area (Å²) in [7, 11) is 0. The molecule has 0 nitrogen and oxygen atoms in total. The van der Waals surface area contributed by atoms with Crippen molar-refractivity contribution in [3.8, 4) is 10.4 Å². The zero-order valence-corrected chi connectivity index (χ0v) is 9.00. The van der Waals surface area contributed by atoms with Crippen LogP contribution < -0.4 is 0 Å². The van der Waals surface area contributed by atoms with E-state index in [0.29, 0.717) is 0 Å². The van der Waals surface area contributed by atoms with E-state index >= 15 is 0 Å². The van der Waals surface area contributed by atoms with E-state index in [1.807, 2.05) is 0 Å². The molecule has 0 N–H and O–H groups in total. The number of fused-ring (bicyclic) bond motifs is 1. The first-order valence-corrected chi connectivity index (χ1v) is 5.85. The van der Waals surface area contributed by atoms with E-state index in [9.17, 15) is 0 Å². The first-order valence-electron chi connectivity index (χ1n) is 4.97. The number of hydrogen-bond donors (Lipinski definition) is 0. The van der Waals surface area contributed by atoms with E-state index in [0.717, 1.165) is 0 Å². The molecule has 0 radical (unpaired) electrons. The van der Waals surface area contributed by atoms with Crippen molar-refractivity contribution in [2.45, 2.75) is 0 Å². The minimum atomic E-state index is 1.31. The van der Waals surface area contributed by atoms with Gasteiger partial charge in [0.2, 0.25) is 0 Å². The van der Waals surface area contributed by atoms with Crippen molar-refractivity contribution in [3.05, 3.63) is 60.0 Å². The van der Waals surface area contributed by atoms with Crippen LogP contribution in [0, 0.1) is 0 Å². The molecule has 0 atom stereocenters. The van der Waals surface area contributed by atoms with Gasteiger partial charge in [0.1, 0.15) is 0 Å². The van der Waals surface area contributed by atoms with Crippen molar-refractivity contribution in [1.29, 1.82) is 0 Å². The van der Waals surface area contributed by atoms with Gasteiger partial charge >= 0.3 is 0 Å². The SMILES string of the molecule is c1csc(-c2cccc3ccccc23)c1. The second-order valence-electron chi connectivity index (χ2n) is 3.50. The van der Waals surface area contributed by atoms with E-state index in [-0.39, 0.29) is 0 Å². The Morgan fingerprint density at radius 1 is 0.733 bits per heavy atom. The van der Waals surface area contributed by atoms with Crippen LogP contribution in [-0.4, -0.2) is 0 Å². The van der Waals surface area contributed by atoms with Crippen LogP contribution >= 0.6 is 11.3 Å². The van der Waals surface area contributed by atoms with Gasteiger partial charge in [0.25, 0.3) is 0 Å². The Balaban J connectivity index is 2.36. The average Bonchev–Trinajstić information content (AvgIpc) is 2.82. The van der Waals surface area contributed by atoms with Crippen LogP contribution in [0.4, 0.5) is 0 Å². The van der Waals surface area contributed by atoms with E-state index in [1.54, 1.807) is 11.3 Å². The molecule has 0 amide bonds. The molecular weight excluding hydrogens is 200 g/mol. The molecule has 72 valence electrons. The second-order valence-corrected chi connectivity index (χ2v) is 4.45. The standard InChI is InChI=1S/C14H10S/c1-2-7-12-11(5-1)6-3-8-13(12)14-9-4-10-15-14/h1-10H. The number of thiophene rings is 1. The van der Waals surface area contributed by atoms with Crippen LogP contribution in [0.1, 0.15) is 0 Å². The summed E-state index contributed by atoms with van der Waals surface area (Å²) in [6.45, 7) is 0. The highest BCUT2D eigenvalue weighted by Crippen LogP contribution is 2.31. The lowest BCUT2D eigenvalue weighted by Crippen LogP contribution is -1.76. The molecule has 0 aliphatic heterocycles. The third kappa shape index (κ3) is 1.45. The largest absolute Gasteiger partial charge is 0.144 e. The van der Waals surface area contributed by atoms with Crippen LogP contribution in [0.15, 0.2) is 60.0 Å². The number of benzene rings is 2. The Morgan fingerprint density at radius 3 is 2.47 bits per heavy atom. The molecule has 1 aromatic heterocycles. The van der Waals surface area contributed by atoms with Crippen LogP contribution in [0.5, 0.6) is 0 Å². The molecular formula is C14H10S. The maximum atomic E-state index is 2.19. The van der Waals surface area contributed by atoms with Gasteiger partial charge in [0.15, 0.2) is 0 Å². The third-order valence-electron chi connectivity index (χ3n) is 2.58. The van der Waals surface area contributed by atoms with Crippen molar-refractivity contribution < 1.29 is 0 Å². The molecule has 0 spiro atoms. The van der Waals surface area contributed by atoms with Gasteiger partial charge in [-0.2, -0.15) is 0 Å². The lowest BCUT2D eigenvalue weighted by molar-refractivity contribution is 1.74. The highest BCUT2D eigenvalue weighted by molar-refractivity contribution is 7.13. The summed E-state index contributed by atoms with van der Waals surface area (Å²) in [6.07, 6.45) is 0. The molecule has 1 heterocycles. The smallest absolute Gasteiger partial charge is 0.0348 e. The van der Waals surface area contributed by atoms with E-state index in [2.05, 4.69) is 60.0 Å². The summed E-state index contributed by atoms with van der Waals surface area (Å²) < 4.78 is 0. The fourth-order valence-corrected chi connectivity index (χ4v) is 2.64. The van der Waals surface area contributed by atoms with Crippen molar-refractivity contribution in [2.24, 2.45) is 0 Å². The van der Waals surface area contributed by atoms with Gasteiger partial charge in [-0.05, 0) is 27.8 Å². The Kier molecular flexibility index (Phi) is 2.04. The van der Waals surface area contributed by atoms with Gasteiger partial charge in [-0.15, -0.1) is 11.3 Å². The monoisotopic (exact) mass is 210 g/mol. The molecule has 0 aliphatic carbocycles. The summed E-state index contributed by atoms with van der Waals surface area (Å²) in [6, 6.07) is 19.3. The van der Waals surface area contributed by atoms with Gasteiger partial charge in [0, 0.05) is 4.88 Å². The van der Waals surface area contributed by atoms with Crippen molar-refractivity contribution in [1.82, 2.24) is 0 Å². The highest BCUT2D eigenvalue weighted by Gasteiger charge is 2.02. The summed E-state index contributed by atoms with van der Waals surface area (Å²) in [4.78, 5) is 1.34. The van der Waals surface area contributed by atoms with Crippen LogP contribution in [-0.2, 0) is 0 Å². The van der Waals surface area contributed by atoms with Gasteiger partial charge in [-0.1, -0.05) is 48.5 Å². The van der Waals surface area contributed by atoms with Crippen LogP contribution in [0.25, 0.3) is 21.2 Å². The zero-order valence-electron chi connectivity index (χ0n) is 8.18. The average molecular weight is 210 g/mol. The van der Waals surface area contributed by atoms with Gasteiger partial charge < -0.3 is 0 Å². The lowest BCUT2D eigenvalue weighted by Gasteiger charge is -2.03. The Bertz CT molecular complexity index is 574. The molecule has 0 bridgehead atoms. The maximum Gasteiger partial charge on any atom is 0.0348 e. The van der Waals surface area contributed by atoms with Gasteiger partial charge in [-0.25, -0.2) is 0 Å². The summed E-state index contributed by atoms with van der Waals surface area (Å²) in [5, 5.41) is 4.77. The molecule has 3 rings (SSSR count). The second kappa shape index (κ2) is 3.52. The first-order chi connectivity index (χ1) is 7.45. The molecule has 0 fully saturated rings. The number of hydrogen-bond acceptors (Lipinski definition) is 1. The molecule has 1 heteroatoms. The molecule has 0 saturated heterocycles. The molecule has 2 aromatic carbocycles. The maximum absolute atomic E-state index is 2.19. The minimum Gasteiger partial charge on any atom is -0.144 e. The fraction of sp³-hybridized carbons (Fsp3) is 0.